The van der Waals surface area contributed by atoms with E-state index in [0.29, 0.717) is 6.42 Å². The number of hydrogen-bond acceptors (Lipinski definition) is 4. The molecule has 0 fully saturated rings. The van der Waals surface area contributed by atoms with Crippen LogP contribution in [0.4, 0.5) is 0 Å². The van der Waals surface area contributed by atoms with E-state index in [1.54, 1.807) is 17.1 Å². The molecule has 0 aliphatic carbocycles. The van der Waals surface area contributed by atoms with E-state index in [0.717, 1.165) is 5.70 Å². The minimum absolute atomic E-state index is 0.133. The predicted octanol–water partition coefficient (Wildman–Crippen LogP) is 1.74. The smallest absolute Gasteiger partial charge is 0.303 e. The van der Waals surface area contributed by atoms with Crippen molar-refractivity contribution in [3.8, 4) is 0 Å². The summed E-state index contributed by atoms with van der Waals surface area (Å²) in [7, 11) is 0. The number of carboxylic acids is 1. The third-order valence-corrected chi connectivity index (χ3v) is 3.62. The zero-order valence-electron chi connectivity index (χ0n) is 7.24. The number of carbonyl (C=O) groups is 1. The molecule has 0 radical (unpaired) electrons. The lowest BCUT2D eigenvalue weighted by atomic mass is 10.1. The van der Waals surface area contributed by atoms with Crippen molar-refractivity contribution in [1.29, 1.82) is 0 Å². The van der Waals surface area contributed by atoms with Crippen LogP contribution in [0.5, 0.6) is 0 Å². The summed E-state index contributed by atoms with van der Waals surface area (Å²) in [4.78, 5) is 10.0. The number of thiocarbonyl (C=S) groups is 1. The van der Waals surface area contributed by atoms with Gasteiger partial charge in [-0.3, -0.25) is 4.79 Å². The fourth-order valence-electron chi connectivity index (χ4n) is 1.12. The van der Waals surface area contributed by atoms with Crippen molar-refractivity contribution in [2.75, 3.05) is 0 Å². The van der Waals surface area contributed by atoms with Gasteiger partial charge in [-0.1, -0.05) is 24.0 Å². The molecule has 13 heavy (non-hydrogen) atoms. The molecule has 0 aromatic rings. The average Bonchev–Trinajstić information content (AvgIpc) is 2.45. The first-order valence-corrected chi connectivity index (χ1v) is 5.24. The summed E-state index contributed by atoms with van der Waals surface area (Å²) in [6.07, 6.45) is 0.651. The molecular formula is C8H11NO2S2. The zero-order chi connectivity index (χ0) is 9.90. The monoisotopic (exact) mass is 217 g/mol. The van der Waals surface area contributed by atoms with Crippen molar-refractivity contribution in [3.63, 3.8) is 0 Å². The minimum atomic E-state index is -0.789. The molecule has 1 aliphatic heterocycles. The highest BCUT2D eigenvalue weighted by Gasteiger charge is 2.31. The zero-order valence-corrected chi connectivity index (χ0v) is 8.87. The van der Waals surface area contributed by atoms with Crippen molar-refractivity contribution in [2.45, 2.75) is 24.6 Å². The lowest BCUT2D eigenvalue weighted by Crippen LogP contribution is -2.38. The standard InChI is InChI=1S/C8H11NO2S2/c1-6-4-13-8(5-12,9-6)3-2-7(10)11/h4-5,9H,2-3H2,1H3,(H,10,11). The van der Waals surface area contributed by atoms with Crippen LogP contribution in [-0.4, -0.2) is 21.3 Å². The molecule has 5 heteroatoms. The number of rotatable bonds is 4. The van der Waals surface area contributed by atoms with E-state index >= 15 is 0 Å². The predicted molar refractivity (Wildman–Crippen MR) is 57.7 cm³/mol. The third-order valence-electron chi connectivity index (χ3n) is 1.76. The molecule has 0 saturated carbocycles. The van der Waals surface area contributed by atoms with Crippen LogP contribution in [0.3, 0.4) is 0 Å². The molecule has 2 N–H and O–H groups in total. The van der Waals surface area contributed by atoms with Crippen molar-refractivity contribution in [3.05, 3.63) is 11.1 Å². The van der Waals surface area contributed by atoms with Gasteiger partial charge in [-0.15, -0.1) is 0 Å². The minimum Gasteiger partial charge on any atom is -0.481 e. The fraction of sp³-hybridized carbons (Fsp3) is 0.500. The highest BCUT2D eigenvalue weighted by atomic mass is 32.2. The van der Waals surface area contributed by atoms with Gasteiger partial charge in [-0.25, -0.2) is 0 Å². The lowest BCUT2D eigenvalue weighted by Gasteiger charge is -2.24. The van der Waals surface area contributed by atoms with Crippen molar-refractivity contribution < 1.29 is 9.90 Å². The first-order valence-electron chi connectivity index (χ1n) is 3.89. The average molecular weight is 217 g/mol. The molecule has 0 aromatic heterocycles. The van der Waals surface area contributed by atoms with Crippen LogP contribution in [0, 0.1) is 0 Å². The maximum absolute atomic E-state index is 10.4. The molecule has 0 saturated heterocycles. The van der Waals surface area contributed by atoms with Gasteiger partial charge in [0.2, 0.25) is 0 Å². The fourth-order valence-corrected chi connectivity index (χ4v) is 2.40. The van der Waals surface area contributed by atoms with E-state index in [1.165, 1.54) is 0 Å². The van der Waals surface area contributed by atoms with Gasteiger partial charge in [0.25, 0.3) is 0 Å². The number of hydrogen-bond donors (Lipinski definition) is 2. The summed E-state index contributed by atoms with van der Waals surface area (Å²) >= 11 is 6.44. The second-order valence-electron chi connectivity index (χ2n) is 2.94. The number of carboxylic acid groups (broad SMARTS) is 1. The van der Waals surface area contributed by atoms with E-state index in [2.05, 4.69) is 5.32 Å². The van der Waals surface area contributed by atoms with Crippen LogP contribution >= 0.6 is 24.0 Å². The molecule has 0 bridgehead atoms. The van der Waals surface area contributed by atoms with Crippen LogP contribution < -0.4 is 5.32 Å². The Kier molecular flexibility index (Phi) is 3.33. The molecule has 0 spiro atoms. The quantitative estimate of drug-likeness (QED) is 0.703. The van der Waals surface area contributed by atoms with Crippen molar-refractivity contribution in [1.82, 2.24) is 5.32 Å². The molecule has 1 rings (SSSR count). The van der Waals surface area contributed by atoms with Crippen LogP contribution in [0.15, 0.2) is 11.1 Å². The summed E-state index contributed by atoms with van der Waals surface area (Å²) in [6.45, 7) is 1.94. The lowest BCUT2D eigenvalue weighted by molar-refractivity contribution is -0.137. The van der Waals surface area contributed by atoms with E-state index < -0.39 is 5.97 Å². The molecule has 0 amide bonds. The normalized spacial score (nSPS) is 26.4. The number of thioether (sulfide) groups is 1. The van der Waals surface area contributed by atoms with Gasteiger partial charge in [0.15, 0.2) is 0 Å². The molecule has 0 aromatic carbocycles. The Labute approximate surface area is 86.6 Å². The van der Waals surface area contributed by atoms with Gasteiger partial charge in [-0.05, 0) is 18.8 Å². The SMILES string of the molecule is CC1=CSC(C=S)(CCC(=O)O)N1. The van der Waals surface area contributed by atoms with Crippen molar-refractivity contribution >= 4 is 35.3 Å². The number of allylic oxidation sites excluding steroid dienone is 1. The molecule has 72 valence electrons. The summed E-state index contributed by atoms with van der Waals surface area (Å²) in [5.74, 6) is -0.789. The maximum Gasteiger partial charge on any atom is 0.303 e. The highest BCUT2D eigenvalue weighted by Crippen LogP contribution is 2.34. The first kappa shape index (κ1) is 10.5. The second-order valence-corrected chi connectivity index (χ2v) is 4.38. The van der Waals surface area contributed by atoms with Gasteiger partial charge >= 0.3 is 5.97 Å². The largest absolute Gasteiger partial charge is 0.481 e. The summed E-state index contributed by atoms with van der Waals surface area (Å²) in [5, 5.41) is 15.3. The van der Waals surface area contributed by atoms with Crippen LogP contribution in [-0.2, 0) is 4.79 Å². The Hall–Kier alpha value is -0.550. The molecule has 1 unspecified atom stereocenters. The van der Waals surface area contributed by atoms with Gasteiger partial charge in [0, 0.05) is 17.5 Å². The van der Waals surface area contributed by atoms with Gasteiger partial charge in [0.1, 0.15) is 4.87 Å². The molecule has 3 nitrogen and oxygen atoms in total. The Morgan fingerprint density at radius 1 is 1.92 bits per heavy atom. The summed E-state index contributed by atoms with van der Waals surface area (Å²) in [6, 6.07) is 0. The maximum atomic E-state index is 10.4. The van der Waals surface area contributed by atoms with E-state index in [-0.39, 0.29) is 11.3 Å². The Morgan fingerprint density at radius 2 is 2.62 bits per heavy atom. The summed E-state index contributed by atoms with van der Waals surface area (Å²) < 4.78 is 0. The Bertz CT molecular complexity index is 265. The second kappa shape index (κ2) is 4.11. The summed E-state index contributed by atoms with van der Waals surface area (Å²) in [5.41, 5.74) is 1.04. The highest BCUT2D eigenvalue weighted by molar-refractivity contribution is 8.05. The van der Waals surface area contributed by atoms with E-state index in [4.69, 9.17) is 17.3 Å². The van der Waals surface area contributed by atoms with Crippen LogP contribution in [0.25, 0.3) is 0 Å². The molecular weight excluding hydrogens is 206 g/mol. The third kappa shape index (κ3) is 2.70. The Morgan fingerprint density at radius 3 is 3.00 bits per heavy atom. The Balaban J connectivity index is 2.53. The van der Waals surface area contributed by atoms with Gasteiger partial charge < -0.3 is 10.4 Å². The first-order chi connectivity index (χ1) is 6.08. The molecule has 1 heterocycles. The van der Waals surface area contributed by atoms with Gasteiger partial charge in [0.05, 0.1) is 0 Å². The van der Waals surface area contributed by atoms with E-state index in [9.17, 15) is 4.79 Å². The molecule has 1 atom stereocenters. The topological polar surface area (TPSA) is 49.3 Å². The number of nitrogens with one attached hydrogen (secondary N) is 1. The molecule has 1 aliphatic rings. The van der Waals surface area contributed by atoms with Crippen LogP contribution in [0.1, 0.15) is 19.8 Å². The van der Waals surface area contributed by atoms with Crippen molar-refractivity contribution in [2.24, 2.45) is 0 Å². The van der Waals surface area contributed by atoms with E-state index in [1.807, 2.05) is 12.3 Å². The number of aliphatic carboxylic acids is 1. The van der Waals surface area contributed by atoms with Crippen LogP contribution in [0.2, 0.25) is 0 Å². The van der Waals surface area contributed by atoms with Gasteiger partial charge in [-0.2, -0.15) is 0 Å².